The van der Waals surface area contributed by atoms with Crippen LogP contribution in [-0.4, -0.2) is 18.5 Å². The summed E-state index contributed by atoms with van der Waals surface area (Å²) in [6.45, 7) is 5.99. The molecular formula is C27H24BrNO7. The Hall–Kier alpha value is -3.85. The van der Waals surface area contributed by atoms with Crippen molar-refractivity contribution in [1.29, 1.82) is 0 Å². The van der Waals surface area contributed by atoms with E-state index in [1.54, 1.807) is 30.3 Å². The number of nitrogens with one attached hydrogen (secondary N) is 1. The van der Waals surface area contributed by atoms with Gasteiger partial charge in [0.1, 0.15) is 28.4 Å². The van der Waals surface area contributed by atoms with E-state index in [4.69, 9.17) is 18.3 Å². The van der Waals surface area contributed by atoms with Crippen LogP contribution >= 0.6 is 15.9 Å². The molecule has 4 aromatic rings. The fourth-order valence-electron chi connectivity index (χ4n) is 3.50. The highest BCUT2D eigenvalue weighted by Crippen LogP contribution is 2.33. The van der Waals surface area contributed by atoms with Crippen LogP contribution < -0.4 is 20.4 Å². The van der Waals surface area contributed by atoms with Crippen molar-refractivity contribution in [2.75, 3.05) is 6.61 Å². The molecule has 1 N–H and O–H groups in total. The van der Waals surface area contributed by atoms with E-state index >= 15 is 0 Å². The highest BCUT2D eigenvalue weighted by molar-refractivity contribution is 9.10. The minimum Gasteiger partial charge on any atom is -0.482 e. The van der Waals surface area contributed by atoms with Gasteiger partial charge in [0.15, 0.2) is 6.61 Å². The Morgan fingerprint density at radius 2 is 1.86 bits per heavy atom. The van der Waals surface area contributed by atoms with Crippen molar-refractivity contribution in [3.8, 4) is 11.5 Å². The lowest BCUT2D eigenvalue weighted by Gasteiger charge is -2.23. The SMILES string of the molecule is CC(C)(C)c1cc(Br)ccc1OCC(=O)Oc1ccc2cc(C(=O)NCc3ccco3)c(=O)oc2c1. The molecular weight excluding hydrogens is 530 g/mol. The second-order valence-electron chi connectivity index (χ2n) is 9.06. The van der Waals surface area contributed by atoms with Crippen LogP contribution in [-0.2, 0) is 16.8 Å². The second-order valence-corrected chi connectivity index (χ2v) is 9.98. The van der Waals surface area contributed by atoms with Crippen LogP contribution in [0.4, 0.5) is 0 Å². The van der Waals surface area contributed by atoms with Gasteiger partial charge in [0.2, 0.25) is 0 Å². The monoisotopic (exact) mass is 553 g/mol. The van der Waals surface area contributed by atoms with Gasteiger partial charge in [-0.3, -0.25) is 4.79 Å². The first-order chi connectivity index (χ1) is 17.1. The third kappa shape index (κ3) is 6.04. The molecule has 36 heavy (non-hydrogen) atoms. The highest BCUT2D eigenvalue weighted by atomic mass is 79.9. The van der Waals surface area contributed by atoms with Gasteiger partial charge < -0.3 is 23.6 Å². The lowest BCUT2D eigenvalue weighted by molar-refractivity contribution is -0.136. The molecule has 0 spiro atoms. The Morgan fingerprint density at radius 1 is 1.06 bits per heavy atom. The van der Waals surface area contributed by atoms with Gasteiger partial charge in [-0.15, -0.1) is 0 Å². The van der Waals surface area contributed by atoms with Crippen molar-refractivity contribution < 1.29 is 27.9 Å². The second kappa shape index (κ2) is 10.4. The first-order valence-electron chi connectivity index (χ1n) is 11.1. The number of amides is 1. The van der Waals surface area contributed by atoms with Crippen molar-refractivity contribution in [2.24, 2.45) is 0 Å². The van der Waals surface area contributed by atoms with Crippen LogP contribution in [0.15, 0.2) is 79.0 Å². The fraction of sp³-hybridized carbons (Fsp3) is 0.222. The van der Waals surface area contributed by atoms with Crippen molar-refractivity contribution in [2.45, 2.75) is 32.7 Å². The Bertz CT molecular complexity index is 1470. The lowest BCUT2D eigenvalue weighted by Crippen LogP contribution is -2.27. The molecule has 0 aliphatic carbocycles. The molecule has 0 aliphatic heterocycles. The molecule has 0 atom stereocenters. The largest absolute Gasteiger partial charge is 0.482 e. The number of furan rings is 1. The Morgan fingerprint density at radius 3 is 2.58 bits per heavy atom. The van der Waals surface area contributed by atoms with Gasteiger partial charge in [0.25, 0.3) is 5.91 Å². The maximum absolute atomic E-state index is 12.4. The van der Waals surface area contributed by atoms with Gasteiger partial charge in [0.05, 0.1) is 12.8 Å². The topological polar surface area (TPSA) is 108 Å². The number of fused-ring (bicyclic) bond motifs is 1. The Kier molecular flexibility index (Phi) is 7.30. The number of carbonyl (C=O) groups is 2. The molecule has 0 radical (unpaired) electrons. The highest BCUT2D eigenvalue weighted by Gasteiger charge is 2.20. The predicted octanol–water partition coefficient (Wildman–Crippen LogP) is 5.36. The van der Waals surface area contributed by atoms with Gasteiger partial charge in [-0.05, 0) is 53.9 Å². The summed E-state index contributed by atoms with van der Waals surface area (Å²) in [6, 6.07) is 15.0. The fourth-order valence-corrected chi connectivity index (χ4v) is 3.86. The zero-order valence-corrected chi connectivity index (χ0v) is 21.5. The first-order valence-corrected chi connectivity index (χ1v) is 11.9. The molecule has 1 amide bonds. The normalized spacial score (nSPS) is 11.3. The van der Waals surface area contributed by atoms with Crippen LogP contribution in [0.3, 0.4) is 0 Å². The summed E-state index contributed by atoms with van der Waals surface area (Å²) < 4.78 is 22.5. The van der Waals surface area contributed by atoms with E-state index in [-0.39, 0.29) is 35.5 Å². The van der Waals surface area contributed by atoms with E-state index in [1.165, 1.54) is 18.4 Å². The molecule has 2 aromatic heterocycles. The van der Waals surface area contributed by atoms with Crippen molar-refractivity contribution in [3.63, 3.8) is 0 Å². The smallest absolute Gasteiger partial charge is 0.349 e. The Labute approximate surface area is 215 Å². The maximum Gasteiger partial charge on any atom is 0.349 e. The summed E-state index contributed by atoms with van der Waals surface area (Å²) in [7, 11) is 0. The average Bonchev–Trinajstić information content (AvgIpc) is 3.34. The summed E-state index contributed by atoms with van der Waals surface area (Å²) in [6.07, 6.45) is 1.49. The molecule has 9 heteroatoms. The molecule has 186 valence electrons. The number of hydrogen-bond acceptors (Lipinski definition) is 7. The summed E-state index contributed by atoms with van der Waals surface area (Å²) in [5, 5.41) is 3.11. The molecule has 0 bridgehead atoms. The van der Waals surface area contributed by atoms with E-state index in [0.29, 0.717) is 16.9 Å². The molecule has 8 nitrogen and oxygen atoms in total. The minimum absolute atomic E-state index is 0.137. The van der Waals surface area contributed by atoms with Gasteiger partial charge >= 0.3 is 11.6 Å². The molecule has 2 heterocycles. The van der Waals surface area contributed by atoms with Gasteiger partial charge in [-0.1, -0.05) is 36.7 Å². The predicted molar refractivity (Wildman–Crippen MR) is 136 cm³/mol. The first kappa shape index (κ1) is 25.2. The number of halogens is 1. The zero-order valence-electron chi connectivity index (χ0n) is 19.9. The van der Waals surface area contributed by atoms with E-state index in [2.05, 4.69) is 42.0 Å². The van der Waals surface area contributed by atoms with Gasteiger partial charge in [-0.2, -0.15) is 0 Å². The summed E-state index contributed by atoms with van der Waals surface area (Å²) in [4.78, 5) is 37.2. The van der Waals surface area contributed by atoms with E-state index in [0.717, 1.165) is 10.0 Å². The molecule has 0 fully saturated rings. The Balaban J connectivity index is 1.43. The molecule has 2 aromatic carbocycles. The number of esters is 1. The van der Waals surface area contributed by atoms with Crippen molar-refractivity contribution in [1.82, 2.24) is 5.32 Å². The van der Waals surface area contributed by atoms with Crippen LogP contribution in [0.1, 0.15) is 42.5 Å². The number of carbonyl (C=O) groups excluding carboxylic acids is 2. The van der Waals surface area contributed by atoms with Gasteiger partial charge in [0, 0.05) is 21.5 Å². The summed E-state index contributed by atoms with van der Waals surface area (Å²) in [5.74, 6) is 0.121. The van der Waals surface area contributed by atoms with Crippen LogP contribution in [0.2, 0.25) is 0 Å². The number of benzene rings is 2. The van der Waals surface area contributed by atoms with Gasteiger partial charge in [-0.25, -0.2) is 9.59 Å². The molecule has 0 aliphatic rings. The number of rotatable bonds is 7. The summed E-state index contributed by atoms with van der Waals surface area (Å²) >= 11 is 3.46. The van der Waals surface area contributed by atoms with E-state index < -0.39 is 17.5 Å². The lowest BCUT2D eigenvalue weighted by atomic mass is 9.86. The van der Waals surface area contributed by atoms with Crippen LogP contribution in [0.25, 0.3) is 11.0 Å². The number of ether oxygens (including phenoxy) is 2. The van der Waals surface area contributed by atoms with Crippen molar-refractivity contribution >= 4 is 38.8 Å². The van der Waals surface area contributed by atoms with Crippen LogP contribution in [0, 0.1) is 0 Å². The molecule has 4 rings (SSSR count). The van der Waals surface area contributed by atoms with E-state index in [1.807, 2.05) is 12.1 Å². The molecule has 0 unspecified atom stereocenters. The van der Waals surface area contributed by atoms with Crippen LogP contribution in [0.5, 0.6) is 11.5 Å². The number of hydrogen-bond donors (Lipinski definition) is 1. The minimum atomic E-state index is -0.809. The molecule has 0 saturated carbocycles. The van der Waals surface area contributed by atoms with E-state index in [9.17, 15) is 14.4 Å². The third-order valence-electron chi connectivity index (χ3n) is 5.28. The standard InChI is InChI=1S/C27H24BrNO7/c1-27(2,3)21-12-17(28)7-9-22(21)34-15-24(30)35-18-8-6-16-11-20(26(32)36-23(16)13-18)25(31)29-14-19-5-4-10-33-19/h4-13H,14-15H2,1-3H3,(H,29,31). The average molecular weight is 554 g/mol. The molecule has 0 saturated heterocycles. The summed E-state index contributed by atoms with van der Waals surface area (Å²) in [5.41, 5.74) is -0.0154. The third-order valence-corrected chi connectivity index (χ3v) is 5.78. The van der Waals surface area contributed by atoms with Crippen molar-refractivity contribution in [3.05, 3.63) is 92.6 Å². The zero-order chi connectivity index (χ0) is 25.9. The quantitative estimate of drug-likeness (QED) is 0.186. The maximum atomic E-state index is 12.4.